The van der Waals surface area contributed by atoms with Crippen molar-refractivity contribution >= 4 is 44.7 Å². The van der Waals surface area contributed by atoms with E-state index in [0.717, 1.165) is 15.5 Å². The van der Waals surface area contributed by atoms with Crippen LogP contribution in [0.15, 0.2) is 27.8 Å². The Morgan fingerprint density at radius 2 is 2.33 bits per heavy atom. The lowest BCUT2D eigenvalue weighted by Gasteiger charge is -2.15. The van der Waals surface area contributed by atoms with Crippen molar-refractivity contribution in [2.24, 2.45) is 0 Å². The van der Waals surface area contributed by atoms with Crippen LogP contribution in [0.25, 0.3) is 11.0 Å². The van der Waals surface area contributed by atoms with Crippen LogP contribution in [0, 0.1) is 0 Å². The van der Waals surface area contributed by atoms with E-state index >= 15 is 0 Å². The molecule has 0 spiro atoms. The number of nitrogens with zero attached hydrogens (tertiary/aromatic N) is 2. The van der Waals surface area contributed by atoms with E-state index in [2.05, 4.69) is 20.9 Å². The quantitative estimate of drug-likeness (QED) is 0.754. The van der Waals surface area contributed by atoms with E-state index in [-0.39, 0.29) is 11.9 Å². The SMILES string of the molecule is CCOC(C)Cn1c(SCC(=O)O)nc2ccc(Br)cc21. The number of rotatable bonds is 7. The zero-order valence-electron chi connectivity index (χ0n) is 11.9. The van der Waals surface area contributed by atoms with E-state index in [9.17, 15) is 4.79 Å². The second kappa shape index (κ2) is 7.29. The normalized spacial score (nSPS) is 12.7. The number of thioether (sulfide) groups is 1. The summed E-state index contributed by atoms with van der Waals surface area (Å²) >= 11 is 4.69. The molecule has 2 aromatic rings. The molecule has 0 aliphatic heterocycles. The first-order chi connectivity index (χ1) is 10.0. The molecule has 114 valence electrons. The molecule has 0 saturated carbocycles. The number of benzene rings is 1. The predicted molar refractivity (Wildman–Crippen MR) is 86.9 cm³/mol. The van der Waals surface area contributed by atoms with Crippen LogP contribution in [0.2, 0.25) is 0 Å². The van der Waals surface area contributed by atoms with E-state index in [1.54, 1.807) is 0 Å². The number of carboxylic acid groups (broad SMARTS) is 1. The summed E-state index contributed by atoms with van der Waals surface area (Å²) in [6.45, 7) is 5.25. The van der Waals surface area contributed by atoms with Crippen molar-refractivity contribution < 1.29 is 14.6 Å². The molecular formula is C14H17BrN2O3S. The highest BCUT2D eigenvalue weighted by Gasteiger charge is 2.15. The van der Waals surface area contributed by atoms with Gasteiger partial charge in [-0.3, -0.25) is 4.79 Å². The van der Waals surface area contributed by atoms with Crippen molar-refractivity contribution in [3.8, 4) is 0 Å². The van der Waals surface area contributed by atoms with Crippen LogP contribution in [-0.2, 0) is 16.1 Å². The van der Waals surface area contributed by atoms with Gasteiger partial charge in [0.25, 0.3) is 0 Å². The molecule has 5 nitrogen and oxygen atoms in total. The van der Waals surface area contributed by atoms with Crippen molar-refractivity contribution in [2.45, 2.75) is 31.7 Å². The van der Waals surface area contributed by atoms with E-state index in [1.165, 1.54) is 11.8 Å². The van der Waals surface area contributed by atoms with Gasteiger partial charge in [0.1, 0.15) is 0 Å². The number of imidazole rings is 1. The highest BCUT2D eigenvalue weighted by Crippen LogP contribution is 2.27. The Hall–Kier alpha value is -1.05. The zero-order valence-corrected chi connectivity index (χ0v) is 14.3. The Kier molecular flexibility index (Phi) is 5.66. The molecule has 21 heavy (non-hydrogen) atoms. The van der Waals surface area contributed by atoms with E-state index < -0.39 is 5.97 Å². The fraction of sp³-hybridized carbons (Fsp3) is 0.429. The third-order valence-corrected chi connectivity index (χ3v) is 4.35. The molecule has 2 rings (SSSR count). The number of carbonyl (C=O) groups is 1. The summed E-state index contributed by atoms with van der Waals surface area (Å²) in [6.07, 6.45) is 0.0376. The summed E-state index contributed by atoms with van der Waals surface area (Å²) in [4.78, 5) is 15.3. The highest BCUT2D eigenvalue weighted by atomic mass is 79.9. The van der Waals surface area contributed by atoms with Crippen LogP contribution in [-0.4, -0.2) is 39.1 Å². The lowest BCUT2D eigenvalue weighted by molar-refractivity contribution is -0.133. The standard InChI is InChI=1S/C14H17BrN2O3S/c1-3-20-9(2)7-17-12-6-10(15)4-5-11(12)16-14(17)21-8-13(18)19/h4-6,9H,3,7-8H2,1-2H3,(H,18,19). The van der Waals surface area contributed by atoms with Crippen LogP contribution < -0.4 is 0 Å². The summed E-state index contributed by atoms with van der Waals surface area (Å²) in [5.74, 6) is -0.856. The van der Waals surface area contributed by atoms with Crippen LogP contribution in [0.3, 0.4) is 0 Å². The molecule has 7 heteroatoms. The molecule has 0 aliphatic rings. The van der Waals surface area contributed by atoms with Gasteiger partial charge in [0.05, 0.1) is 29.4 Å². The second-order valence-electron chi connectivity index (χ2n) is 4.59. The molecule has 0 saturated heterocycles. The minimum atomic E-state index is -0.849. The number of aromatic nitrogens is 2. The lowest BCUT2D eigenvalue weighted by Crippen LogP contribution is -2.17. The van der Waals surface area contributed by atoms with Gasteiger partial charge in [0, 0.05) is 11.1 Å². The summed E-state index contributed by atoms with van der Waals surface area (Å²) in [6, 6.07) is 5.84. The number of halogens is 1. The molecule has 1 heterocycles. The first-order valence-corrected chi connectivity index (χ1v) is 8.41. The average molecular weight is 373 g/mol. The maximum atomic E-state index is 10.8. The molecular weight excluding hydrogens is 356 g/mol. The summed E-state index contributed by atoms with van der Waals surface area (Å²) in [5, 5.41) is 9.57. The van der Waals surface area contributed by atoms with E-state index in [0.29, 0.717) is 18.3 Å². The van der Waals surface area contributed by atoms with Gasteiger partial charge in [-0.05, 0) is 32.0 Å². The van der Waals surface area contributed by atoms with Gasteiger partial charge in [-0.2, -0.15) is 0 Å². The topological polar surface area (TPSA) is 64.3 Å². The molecule has 1 unspecified atom stereocenters. The fourth-order valence-electron chi connectivity index (χ4n) is 2.08. The van der Waals surface area contributed by atoms with Crippen molar-refractivity contribution in [2.75, 3.05) is 12.4 Å². The maximum Gasteiger partial charge on any atom is 0.313 e. The van der Waals surface area contributed by atoms with Gasteiger partial charge in [-0.1, -0.05) is 27.7 Å². The summed E-state index contributed by atoms with van der Waals surface area (Å²) in [7, 11) is 0. The molecule has 1 atom stereocenters. The molecule has 0 fully saturated rings. The Morgan fingerprint density at radius 3 is 3.00 bits per heavy atom. The van der Waals surface area contributed by atoms with Crippen molar-refractivity contribution in [3.63, 3.8) is 0 Å². The molecule has 1 N–H and O–H groups in total. The minimum Gasteiger partial charge on any atom is -0.481 e. The van der Waals surface area contributed by atoms with Gasteiger partial charge in [-0.15, -0.1) is 0 Å². The van der Waals surface area contributed by atoms with Gasteiger partial charge < -0.3 is 14.4 Å². The molecule has 0 aliphatic carbocycles. The third-order valence-electron chi connectivity index (χ3n) is 2.89. The minimum absolute atomic E-state index is 0.00644. The number of hydrogen-bond acceptors (Lipinski definition) is 4. The Morgan fingerprint density at radius 1 is 1.57 bits per heavy atom. The first kappa shape index (κ1) is 16.3. The third kappa shape index (κ3) is 4.21. The summed E-state index contributed by atoms with van der Waals surface area (Å²) in [5.41, 5.74) is 1.83. The Labute approximate surface area is 135 Å². The van der Waals surface area contributed by atoms with Gasteiger partial charge in [-0.25, -0.2) is 4.98 Å². The van der Waals surface area contributed by atoms with Crippen LogP contribution in [0.4, 0.5) is 0 Å². The Bertz CT molecular complexity index is 644. The van der Waals surface area contributed by atoms with Gasteiger partial charge in [0.2, 0.25) is 0 Å². The summed E-state index contributed by atoms with van der Waals surface area (Å²) < 4.78 is 8.58. The van der Waals surface area contributed by atoms with Crippen molar-refractivity contribution in [1.29, 1.82) is 0 Å². The average Bonchev–Trinajstić information content (AvgIpc) is 2.74. The highest BCUT2D eigenvalue weighted by molar-refractivity contribution is 9.10. The Balaban J connectivity index is 2.37. The number of hydrogen-bond donors (Lipinski definition) is 1. The molecule has 1 aromatic carbocycles. The molecule has 0 radical (unpaired) electrons. The second-order valence-corrected chi connectivity index (χ2v) is 6.44. The van der Waals surface area contributed by atoms with Crippen LogP contribution in [0.5, 0.6) is 0 Å². The van der Waals surface area contributed by atoms with E-state index in [4.69, 9.17) is 9.84 Å². The fourth-order valence-corrected chi connectivity index (χ4v) is 3.17. The molecule has 0 amide bonds. The zero-order chi connectivity index (χ0) is 15.4. The molecule has 1 aromatic heterocycles. The van der Waals surface area contributed by atoms with Crippen molar-refractivity contribution in [3.05, 3.63) is 22.7 Å². The number of carboxylic acids is 1. The van der Waals surface area contributed by atoms with Gasteiger partial charge >= 0.3 is 5.97 Å². The number of fused-ring (bicyclic) bond motifs is 1. The lowest BCUT2D eigenvalue weighted by atomic mass is 10.3. The van der Waals surface area contributed by atoms with Crippen molar-refractivity contribution in [1.82, 2.24) is 9.55 Å². The smallest absolute Gasteiger partial charge is 0.313 e. The monoisotopic (exact) mass is 372 g/mol. The maximum absolute atomic E-state index is 10.8. The molecule has 0 bridgehead atoms. The van der Waals surface area contributed by atoms with Crippen LogP contribution in [0.1, 0.15) is 13.8 Å². The predicted octanol–water partition coefficient (Wildman–Crippen LogP) is 3.40. The first-order valence-electron chi connectivity index (χ1n) is 6.63. The largest absolute Gasteiger partial charge is 0.481 e. The van der Waals surface area contributed by atoms with Crippen LogP contribution >= 0.6 is 27.7 Å². The van der Waals surface area contributed by atoms with Gasteiger partial charge in [0.15, 0.2) is 5.16 Å². The number of ether oxygens (including phenoxy) is 1. The van der Waals surface area contributed by atoms with E-state index in [1.807, 2.05) is 36.6 Å². The number of aliphatic carboxylic acids is 1.